The van der Waals surface area contributed by atoms with Gasteiger partial charge in [-0.25, -0.2) is 15.0 Å². The van der Waals surface area contributed by atoms with E-state index in [-0.39, 0.29) is 18.1 Å². The predicted molar refractivity (Wildman–Crippen MR) is 120 cm³/mol. The Morgan fingerprint density at radius 3 is 2.59 bits per heavy atom. The Morgan fingerprint density at radius 1 is 1.00 bits per heavy atom. The minimum atomic E-state index is -0.554. The lowest BCUT2D eigenvalue weighted by Crippen LogP contribution is -2.29. The highest BCUT2D eigenvalue weighted by Gasteiger charge is 2.52. The van der Waals surface area contributed by atoms with Crippen LogP contribution in [-0.2, 0) is 11.4 Å². The summed E-state index contributed by atoms with van der Waals surface area (Å²) in [6, 6.07) is 19.9. The van der Waals surface area contributed by atoms with Crippen LogP contribution in [0.2, 0.25) is 0 Å². The van der Waals surface area contributed by atoms with Crippen molar-refractivity contribution < 1.29 is 9.94 Å². The molecule has 0 bridgehead atoms. The quantitative estimate of drug-likeness (QED) is 0.509. The van der Waals surface area contributed by atoms with Gasteiger partial charge in [0, 0.05) is 6.54 Å². The summed E-state index contributed by atoms with van der Waals surface area (Å²) in [4.78, 5) is 19.3. The number of aromatic nitrogens is 4. The van der Waals surface area contributed by atoms with E-state index in [1.54, 1.807) is 6.33 Å². The molecule has 4 atom stereocenters. The van der Waals surface area contributed by atoms with Gasteiger partial charge in [-0.3, -0.25) is 0 Å². The summed E-state index contributed by atoms with van der Waals surface area (Å²) in [7, 11) is 0. The average Bonchev–Trinajstić information content (AvgIpc) is 3.54. The lowest BCUT2D eigenvalue weighted by molar-refractivity contribution is 0.0380. The molecule has 0 unspecified atom stereocenters. The molecule has 2 N–H and O–H groups in total. The van der Waals surface area contributed by atoms with E-state index in [4.69, 9.17) is 4.84 Å². The predicted octanol–water partition coefficient (Wildman–Crippen LogP) is 3.16. The van der Waals surface area contributed by atoms with Crippen molar-refractivity contribution in [3.63, 3.8) is 0 Å². The summed E-state index contributed by atoms with van der Waals surface area (Å²) in [5, 5.41) is 18.6. The van der Waals surface area contributed by atoms with Crippen molar-refractivity contribution in [3.8, 4) is 0 Å². The minimum Gasteiger partial charge on any atom is -0.392 e. The Bertz CT molecular complexity index is 1270. The SMILES string of the molecule is O[C@H]1C[C@@H](n2cnc3c(NCc4ccccc4)ncnc32)[C@@H]2ON=C(c3ccccc3)[C@@H]21. The lowest BCUT2D eigenvalue weighted by Gasteiger charge is -2.18. The molecule has 2 aromatic heterocycles. The Kier molecular flexibility index (Phi) is 4.57. The number of aliphatic hydroxyl groups is 1. The molecule has 8 heteroatoms. The fourth-order valence-electron chi connectivity index (χ4n) is 4.77. The molecule has 3 heterocycles. The molecular weight excluding hydrogens is 404 g/mol. The highest BCUT2D eigenvalue weighted by Crippen LogP contribution is 2.44. The van der Waals surface area contributed by atoms with Crippen molar-refractivity contribution in [3.05, 3.63) is 84.4 Å². The molecule has 0 spiro atoms. The Labute approximate surface area is 184 Å². The number of hydrogen-bond acceptors (Lipinski definition) is 7. The molecule has 1 fully saturated rings. The van der Waals surface area contributed by atoms with Crippen molar-refractivity contribution >= 4 is 22.7 Å². The van der Waals surface area contributed by atoms with Gasteiger partial charge in [0.25, 0.3) is 0 Å². The van der Waals surface area contributed by atoms with E-state index in [9.17, 15) is 5.11 Å². The highest BCUT2D eigenvalue weighted by molar-refractivity contribution is 6.03. The number of nitrogens with zero attached hydrogens (tertiary/aromatic N) is 5. The molecule has 1 saturated carbocycles. The molecule has 0 amide bonds. The van der Waals surface area contributed by atoms with Crippen LogP contribution in [0.1, 0.15) is 23.6 Å². The fourth-order valence-corrected chi connectivity index (χ4v) is 4.77. The number of oxime groups is 1. The Hall–Kier alpha value is -3.78. The number of benzene rings is 2. The van der Waals surface area contributed by atoms with E-state index in [1.807, 2.05) is 53.1 Å². The summed E-state index contributed by atoms with van der Waals surface area (Å²) >= 11 is 0. The third-order valence-corrected chi connectivity index (χ3v) is 6.31. The molecule has 32 heavy (non-hydrogen) atoms. The van der Waals surface area contributed by atoms with Crippen LogP contribution >= 0.6 is 0 Å². The van der Waals surface area contributed by atoms with E-state index < -0.39 is 6.10 Å². The lowest BCUT2D eigenvalue weighted by atomic mass is 9.92. The molecule has 2 aliphatic rings. The number of fused-ring (bicyclic) bond motifs is 2. The summed E-state index contributed by atoms with van der Waals surface area (Å²) in [5.74, 6) is 0.499. The van der Waals surface area contributed by atoms with Gasteiger partial charge in [0.15, 0.2) is 17.6 Å². The molecule has 6 rings (SSSR count). The topological polar surface area (TPSA) is 97.5 Å². The molecule has 0 saturated heterocycles. The maximum absolute atomic E-state index is 10.9. The van der Waals surface area contributed by atoms with Crippen LogP contribution in [0, 0.1) is 5.92 Å². The van der Waals surface area contributed by atoms with Crippen LogP contribution in [0.25, 0.3) is 11.2 Å². The second-order valence-corrected chi connectivity index (χ2v) is 8.19. The Morgan fingerprint density at radius 2 is 1.78 bits per heavy atom. The molecule has 2 aromatic carbocycles. The van der Waals surface area contributed by atoms with Gasteiger partial charge in [0.1, 0.15) is 11.8 Å². The van der Waals surface area contributed by atoms with Crippen LogP contribution < -0.4 is 5.32 Å². The van der Waals surface area contributed by atoms with E-state index in [0.717, 1.165) is 16.8 Å². The highest BCUT2D eigenvalue weighted by atomic mass is 16.6. The molecule has 4 aromatic rings. The van der Waals surface area contributed by atoms with Crippen molar-refractivity contribution in [1.82, 2.24) is 19.5 Å². The van der Waals surface area contributed by atoms with Crippen LogP contribution in [0.15, 0.2) is 78.5 Å². The van der Waals surface area contributed by atoms with E-state index in [1.165, 1.54) is 6.33 Å². The smallest absolute Gasteiger partial charge is 0.165 e. The normalized spacial score (nSPS) is 24.2. The van der Waals surface area contributed by atoms with E-state index in [0.29, 0.717) is 29.9 Å². The number of nitrogens with one attached hydrogen (secondary N) is 1. The zero-order valence-electron chi connectivity index (χ0n) is 17.2. The van der Waals surface area contributed by atoms with Crippen molar-refractivity contribution in [2.24, 2.45) is 11.1 Å². The molecule has 8 nitrogen and oxygen atoms in total. The number of anilines is 1. The van der Waals surface area contributed by atoms with Crippen LogP contribution in [0.5, 0.6) is 0 Å². The fraction of sp³-hybridized carbons (Fsp3) is 0.250. The molecular formula is C24H22N6O2. The minimum absolute atomic E-state index is 0.123. The first-order valence-corrected chi connectivity index (χ1v) is 10.7. The van der Waals surface area contributed by atoms with E-state index in [2.05, 4.69) is 37.6 Å². The second kappa shape index (κ2) is 7.72. The van der Waals surface area contributed by atoms with Gasteiger partial charge in [0.2, 0.25) is 0 Å². The first-order chi connectivity index (χ1) is 15.8. The summed E-state index contributed by atoms with van der Waals surface area (Å²) < 4.78 is 1.99. The van der Waals surface area contributed by atoms with E-state index >= 15 is 0 Å². The van der Waals surface area contributed by atoms with Gasteiger partial charge >= 0.3 is 0 Å². The maximum Gasteiger partial charge on any atom is 0.165 e. The third-order valence-electron chi connectivity index (χ3n) is 6.31. The molecule has 1 aliphatic carbocycles. The van der Waals surface area contributed by atoms with Gasteiger partial charge in [-0.2, -0.15) is 0 Å². The summed E-state index contributed by atoms with van der Waals surface area (Å²) in [5.41, 5.74) is 4.35. The van der Waals surface area contributed by atoms with Crippen molar-refractivity contribution in [2.45, 2.75) is 31.2 Å². The molecule has 160 valence electrons. The number of imidazole rings is 1. The monoisotopic (exact) mass is 426 g/mol. The van der Waals surface area contributed by atoms with Crippen molar-refractivity contribution in [1.29, 1.82) is 0 Å². The zero-order chi connectivity index (χ0) is 21.5. The Balaban J connectivity index is 1.28. The maximum atomic E-state index is 10.9. The summed E-state index contributed by atoms with van der Waals surface area (Å²) in [6.45, 7) is 0.643. The second-order valence-electron chi connectivity index (χ2n) is 8.19. The van der Waals surface area contributed by atoms with Crippen molar-refractivity contribution in [2.75, 3.05) is 5.32 Å². The van der Waals surface area contributed by atoms with Gasteiger partial charge in [-0.1, -0.05) is 65.8 Å². The first kappa shape index (κ1) is 18.9. The number of aliphatic hydroxyl groups excluding tert-OH is 1. The van der Waals surface area contributed by atoms with Gasteiger partial charge in [-0.05, 0) is 17.5 Å². The van der Waals surface area contributed by atoms with Crippen LogP contribution in [0.3, 0.4) is 0 Å². The van der Waals surface area contributed by atoms with Crippen LogP contribution in [0.4, 0.5) is 5.82 Å². The number of rotatable bonds is 5. The first-order valence-electron chi connectivity index (χ1n) is 10.7. The molecule has 0 radical (unpaired) electrons. The van der Waals surface area contributed by atoms with Crippen LogP contribution in [-0.4, -0.2) is 42.5 Å². The number of hydrogen-bond donors (Lipinski definition) is 2. The summed E-state index contributed by atoms with van der Waals surface area (Å²) in [6.07, 6.45) is 3.02. The van der Waals surface area contributed by atoms with Gasteiger partial charge in [-0.15, -0.1) is 0 Å². The largest absolute Gasteiger partial charge is 0.392 e. The van der Waals surface area contributed by atoms with Gasteiger partial charge in [0.05, 0.1) is 30.1 Å². The standard InChI is InChI=1S/C24H22N6O2/c31-18-11-17(22-19(18)20(29-32-22)16-9-5-2-6-10-16)30-14-28-21-23(26-13-27-24(21)30)25-12-15-7-3-1-4-8-15/h1-10,13-14,17-19,22,31H,11-12H2,(H,25,26,27)/t17-,18+,19+,22+/m1/s1. The third kappa shape index (κ3) is 3.11. The van der Waals surface area contributed by atoms with Gasteiger partial charge < -0.3 is 19.8 Å². The zero-order valence-corrected chi connectivity index (χ0v) is 17.2. The molecule has 1 aliphatic heterocycles. The average molecular weight is 426 g/mol.